The number of amides is 2. The quantitative estimate of drug-likeness (QED) is 0.757. The van der Waals surface area contributed by atoms with E-state index in [0.29, 0.717) is 19.3 Å². The first-order valence-corrected chi connectivity index (χ1v) is 9.93. The van der Waals surface area contributed by atoms with Crippen molar-refractivity contribution in [3.8, 4) is 5.75 Å². The van der Waals surface area contributed by atoms with Crippen molar-refractivity contribution in [2.24, 2.45) is 0 Å². The predicted octanol–water partition coefficient (Wildman–Crippen LogP) is 3.82. The van der Waals surface area contributed by atoms with Crippen molar-refractivity contribution in [3.05, 3.63) is 59.7 Å². The average molecular weight is 380 g/mol. The van der Waals surface area contributed by atoms with Crippen LogP contribution in [0.25, 0.3) is 0 Å². The number of ether oxygens (including phenoxy) is 1. The van der Waals surface area contributed by atoms with Crippen LogP contribution in [0.2, 0.25) is 0 Å². The van der Waals surface area contributed by atoms with Crippen LogP contribution in [0.15, 0.2) is 48.5 Å². The second-order valence-corrected chi connectivity index (χ2v) is 7.18. The highest BCUT2D eigenvalue weighted by molar-refractivity contribution is 5.90. The van der Waals surface area contributed by atoms with Crippen molar-refractivity contribution < 1.29 is 14.3 Å². The molecule has 2 aromatic carbocycles. The fourth-order valence-electron chi connectivity index (χ4n) is 3.44. The van der Waals surface area contributed by atoms with Crippen molar-refractivity contribution in [1.29, 1.82) is 0 Å². The van der Waals surface area contributed by atoms with Gasteiger partial charge in [-0.3, -0.25) is 9.59 Å². The summed E-state index contributed by atoms with van der Waals surface area (Å²) in [5, 5.41) is 2.93. The Kier molecular flexibility index (Phi) is 7.06. The summed E-state index contributed by atoms with van der Waals surface area (Å²) in [7, 11) is 1.64. The summed E-state index contributed by atoms with van der Waals surface area (Å²) in [5.74, 6) is 1.03. The highest BCUT2D eigenvalue weighted by atomic mass is 16.5. The molecule has 5 heteroatoms. The smallest absolute Gasteiger partial charge is 0.224 e. The maximum Gasteiger partial charge on any atom is 0.224 e. The number of benzene rings is 2. The summed E-state index contributed by atoms with van der Waals surface area (Å²) in [6.45, 7) is 1.80. The standard InChI is InChI=1S/C23H28N2O3/c1-28-21-6-4-5-19(17-21)9-13-22(26)24-20-11-7-18(8-12-20)10-14-23(27)25-15-2-3-16-25/h4-8,11-12,17H,2-3,9-10,13-16H2,1H3,(H,24,26). The summed E-state index contributed by atoms with van der Waals surface area (Å²) >= 11 is 0. The number of carbonyl (C=O) groups excluding carboxylic acids is 2. The maximum atomic E-state index is 12.2. The molecule has 2 amide bonds. The second-order valence-electron chi connectivity index (χ2n) is 7.18. The van der Waals surface area contributed by atoms with Gasteiger partial charge in [-0.25, -0.2) is 0 Å². The minimum absolute atomic E-state index is 0.0141. The molecule has 5 nitrogen and oxygen atoms in total. The van der Waals surface area contributed by atoms with E-state index in [1.165, 1.54) is 0 Å². The molecule has 3 rings (SSSR count). The molecule has 0 spiro atoms. The molecule has 1 saturated heterocycles. The molecule has 148 valence electrons. The van der Waals surface area contributed by atoms with E-state index in [0.717, 1.165) is 54.9 Å². The fourth-order valence-corrected chi connectivity index (χ4v) is 3.44. The number of nitrogens with zero attached hydrogens (tertiary/aromatic N) is 1. The molecule has 1 heterocycles. The molecule has 1 N–H and O–H groups in total. The lowest BCUT2D eigenvalue weighted by Gasteiger charge is -2.15. The van der Waals surface area contributed by atoms with Gasteiger partial charge in [0.15, 0.2) is 0 Å². The van der Waals surface area contributed by atoms with E-state index >= 15 is 0 Å². The monoisotopic (exact) mass is 380 g/mol. The van der Waals surface area contributed by atoms with Crippen molar-refractivity contribution in [2.75, 3.05) is 25.5 Å². The Hall–Kier alpha value is -2.82. The topological polar surface area (TPSA) is 58.6 Å². The van der Waals surface area contributed by atoms with Crippen molar-refractivity contribution in [1.82, 2.24) is 4.90 Å². The van der Waals surface area contributed by atoms with E-state index in [9.17, 15) is 9.59 Å². The molecule has 0 radical (unpaired) electrons. The van der Waals surface area contributed by atoms with Gasteiger partial charge in [0.1, 0.15) is 5.75 Å². The third-order valence-electron chi connectivity index (χ3n) is 5.10. The number of rotatable bonds is 8. The lowest BCUT2D eigenvalue weighted by atomic mass is 10.1. The Balaban J connectivity index is 1.42. The van der Waals surface area contributed by atoms with Gasteiger partial charge < -0.3 is 15.0 Å². The van der Waals surface area contributed by atoms with E-state index < -0.39 is 0 Å². The lowest BCUT2D eigenvalue weighted by molar-refractivity contribution is -0.130. The van der Waals surface area contributed by atoms with Crippen molar-refractivity contribution >= 4 is 17.5 Å². The van der Waals surface area contributed by atoms with Gasteiger partial charge in [0.25, 0.3) is 0 Å². The van der Waals surface area contributed by atoms with Gasteiger partial charge in [0, 0.05) is 31.6 Å². The van der Waals surface area contributed by atoms with Crippen LogP contribution in [0.4, 0.5) is 5.69 Å². The van der Waals surface area contributed by atoms with E-state index in [1.807, 2.05) is 53.4 Å². The normalized spacial score (nSPS) is 13.4. The van der Waals surface area contributed by atoms with Gasteiger partial charge in [-0.15, -0.1) is 0 Å². The first-order chi connectivity index (χ1) is 13.6. The van der Waals surface area contributed by atoms with Crippen LogP contribution in [0.3, 0.4) is 0 Å². The second kappa shape index (κ2) is 9.93. The Morgan fingerprint density at radius 1 is 0.964 bits per heavy atom. The highest BCUT2D eigenvalue weighted by Crippen LogP contribution is 2.16. The number of carbonyl (C=O) groups is 2. The van der Waals surface area contributed by atoms with Gasteiger partial charge in [-0.1, -0.05) is 24.3 Å². The maximum absolute atomic E-state index is 12.2. The predicted molar refractivity (Wildman–Crippen MR) is 111 cm³/mol. The van der Waals surface area contributed by atoms with E-state index in [-0.39, 0.29) is 11.8 Å². The molecule has 0 aromatic heterocycles. The molecular formula is C23H28N2O3. The number of aryl methyl sites for hydroxylation is 2. The molecule has 1 aliphatic rings. The molecule has 0 saturated carbocycles. The SMILES string of the molecule is COc1cccc(CCC(=O)Nc2ccc(CCC(=O)N3CCCC3)cc2)c1. The number of anilines is 1. The van der Waals surface area contributed by atoms with Gasteiger partial charge in [0.05, 0.1) is 7.11 Å². The molecular weight excluding hydrogens is 352 g/mol. The Morgan fingerprint density at radius 2 is 1.68 bits per heavy atom. The first-order valence-electron chi connectivity index (χ1n) is 9.93. The zero-order valence-corrected chi connectivity index (χ0v) is 16.4. The van der Waals surface area contributed by atoms with Crippen LogP contribution in [-0.2, 0) is 22.4 Å². The molecule has 0 atom stereocenters. The molecule has 0 bridgehead atoms. The van der Waals surface area contributed by atoms with E-state index in [4.69, 9.17) is 4.74 Å². The summed E-state index contributed by atoms with van der Waals surface area (Å²) < 4.78 is 5.21. The van der Waals surface area contributed by atoms with Crippen molar-refractivity contribution in [2.45, 2.75) is 38.5 Å². The van der Waals surface area contributed by atoms with E-state index in [2.05, 4.69) is 5.32 Å². The summed E-state index contributed by atoms with van der Waals surface area (Å²) in [4.78, 5) is 26.3. The van der Waals surface area contributed by atoms with Crippen LogP contribution >= 0.6 is 0 Å². The molecule has 2 aromatic rings. The van der Waals surface area contributed by atoms with Gasteiger partial charge in [-0.05, 0) is 61.1 Å². The zero-order chi connectivity index (χ0) is 19.8. The van der Waals surface area contributed by atoms with Crippen LogP contribution in [-0.4, -0.2) is 36.9 Å². The first kappa shape index (κ1) is 19.9. The van der Waals surface area contributed by atoms with Crippen LogP contribution in [0.5, 0.6) is 5.75 Å². The van der Waals surface area contributed by atoms with Gasteiger partial charge in [-0.2, -0.15) is 0 Å². The highest BCUT2D eigenvalue weighted by Gasteiger charge is 2.17. The Labute approximate surface area is 166 Å². The Morgan fingerprint density at radius 3 is 2.39 bits per heavy atom. The third kappa shape index (κ3) is 5.84. The summed E-state index contributed by atoms with van der Waals surface area (Å²) in [6.07, 6.45) is 4.61. The summed E-state index contributed by atoms with van der Waals surface area (Å²) in [6, 6.07) is 15.5. The molecule has 1 aliphatic heterocycles. The van der Waals surface area contributed by atoms with Gasteiger partial charge in [0.2, 0.25) is 11.8 Å². The molecule has 28 heavy (non-hydrogen) atoms. The van der Waals surface area contributed by atoms with Gasteiger partial charge >= 0.3 is 0 Å². The average Bonchev–Trinajstić information content (AvgIpc) is 3.27. The minimum Gasteiger partial charge on any atom is -0.497 e. The molecule has 1 fully saturated rings. The Bertz CT molecular complexity index is 796. The molecule has 0 unspecified atom stereocenters. The number of hydrogen-bond acceptors (Lipinski definition) is 3. The number of hydrogen-bond donors (Lipinski definition) is 1. The van der Waals surface area contributed by atoms with Crippen LogP contribution < -0.4 is 10.1 Å². The number of methoxy groups -OCH3 is 1. The molecule has 0 aliphatic carbocycles. The summed E-state index contributed by atoms with van der Waals surface area (Å²) in [5.41, 5.74) is 2.97. The number of nitrogens with one attached hydrogen (secondary N) is 1. The largest absolute Gasteiger partial charge is 0.497 e. The number of likely N-dealkylation sites (tertiary alicyclic amines) is 1. The fraction of sp³-hybridized carbons (Fsp3) is 0.391. The van der Waals surface area contributed by atoms with E-state index in [1.54, 1.807) is 7.11 Å². The third-order valence-corrected chi connectivity index (χ3v) is 5.10. The zero-order valence-electron chi connectivity index (χ0n) is 16.4. The minimum atomic E-state index is -0.0141. The van der Waals surface area contributed by atoms with Crippen LogP contribution in [0.1, 0.15) is 36.8 Å². The lowest BCUT2D eigenvalue weighted by Crippen LogP contribution is -2.27. The van der Waals surface area contributed by atoms with Crippen molar-refractivity contribution in [3.63, 3.8) is 0 Å². The van der Waals surface area contributed by atoms with Crippen LogP contribution in [0, 0.1) is 0 Å².